The number of benzene rings is 3. The molecule has 156 valence electrons. The van der Waals surface area contributed by atoms with Crippen molar-refractivity contribution >= 4 is 28.7 Å². The van der Waals surface area contributed by atoms with Crippen LogP contribution in [0, 0.1) is 0 Å². The van der Waals surface area contributed by atoms with E-state index in [0.29, 0.717) is 0 Å². The second-order valence-corrected chi connectivity index (χ2v) is 7.44. The molecule has 0 aliphatic heterocycles. The molecule has 6 heteroatoms. The number of nitrogens with zero attached hydrogens (tertiary/aromatic N) is 3. The zero-order chi connectivity index (χ0) is 21.9. The Morgan fingerprint density at radius 2 is 1.44 bits per heavy atom. The van der Waals surface area contributed by atoms with Gasteiger partial charge in [-0.1, -0.05) is 60.7 Å². The highest BCUT2D eigenvalue weighted by atomic mass is 16.1. The Hall–Kier alpha value is -4.45. The van der Waals surface area contributed by atoms with Gasteiger partial charge in [0, 0.05) is 35.5 Å². The number of hydrogen-bond acceptors (Lipinski definition) is 4. The minimum atomic E-state index is -0.0981. The van der Waals surface area contributed by atoms with E-state index in [9.17, 15) is 4.79 Å². The molecule has 0 aliphatic rings. The summed E-state index contributed by atoms with van der Waals surface area (Å²) in [4.78, 5) is 16.2. The fourth-order valence-corrected chi connectivity index (χ4v) is 3.62. The smallest absolute Gasteiger partial charge is 0.221 e. The minimum absolute atomic E-state index is 0.0981. The molecule has 5 rings (SSSR count). The largest absolute Gasteiger partial charge is 0.340 e. The van der Waals surface area contributed by atoms with Crippen molar-refractivity contribution in [1.29, 1.82) is 0 Å². The highest BCUT2D eigenvalue weighted by Gasteiger charge is 2.14. The van der Waals surface area contributed by atoms with E-state index in [1.807, 2.05) is 89.6 Å². The van der Waals surface area contributed by atoms with Crippen LogP contribution in [-0.4, -0.2) is 20.5 Å². The predicted octanol–water partition coefficient (Wildman–Crippen LogP) is 5.77. The number of rotatable bonds is 5. The molecular weight excluding hydrogens is 398 g/mol. The summed E-state index contributed by atoms with van der Waals surface area (Å²) in [6, 6.07) is 29.8. The number of amides is 1. The summed E-state index contributed by atoms with van der Waals surface area (Å²) in [5, 5.41) is 10.9. The Labute approximate surface area is 185 Å². The lowest BCUT2D eigenvalue weighted by molar-refractivity contribution is -0.114. The van der Waals surface area contributed by atoms with Gasteiger partial charge in [0.1, 0.15) is 5.82 Å². The minimum Gasteiger partial charge on any atom is -0.340 e. The van der Waals surface area contributed by atoms with Crippen molar-refractivity contribution in [2.45, 2.75) is 6.92 Å². The van der Waals surface area contributed by atoms with Crippen LogP contribution in [0.15, 0.2) is 97.2 Å². The lowest BCUT2D eigenvalue weighted by atomic mass is 10.1. The molecule has 2 heterocycles. The topological polar surface area (TPSA) is 71.3 Å². The van der Waals surface area contributed by atoms with Gasteiger partial charge in [-0.05, 0) is 29.8 Å². The zero-order valence-corrected chi connectivity index (χ0v) is 17.5. The number of aromatic nitrogens is 3. The van der Waals surface area contributed by atoms with E-state index in [2.05, 4.69) is 27.9 Å². The second-order valence-electron chi connectivity index (χ2n) is 7.44. The lowest BCUT2D eigenvalue weighted by Gasteiger charge is -2.12. The molecule has 0 saturated carbocycles. The maximum absolute atomic E-state index is 11.3. The van der Waals surface area contributed by atoms with Crippen molar-refractivity contribution in [2.24, 2.45) is 0 Å². The maximum atomic E-state index is 11.3. The summed E-state index contributed by atoms with van der Waals surface area (Å²) < 4.78 is 1.82. The highest BCUT2D eigenvalue weighted by molar-refractivity contribution is 5.89. The normalized spacial score (nSPS) is 10.8. The zero-order valence-electron chi connectivity index (χ0n) is 17.5. The van der Waals surface area contributed by atoms with Gasteiger partial charge in [0.05, 0.1) is 11.9 Å². The van der Waals surface area contributed by atoms with E-state index in [4.69, 9.17) is 4.98 Å². The summed E-state index contributed by atoms with van der Waals surface area (Å²) in [6.07, 6.45) is 1.84. The van der Waals surface area contributed by atoms with Crippen molar-refractivity contribution in [3.8, 4) is 22.4 Å². The summed E-state index contributed by atoms with van der Waals surface area (Å²) in [7, 11) is 0. The molecule has 0 fully saturated rings. The maximum Gasteiger partial charge on any atom is 0.221 e. The standard InChI is InChI=1S/C26H21N5O/c1-18(32)28-21-12-14-22(15-13-21)29-25-16-24(20-10-6-3-7-11-20)30-26-23(17-27-31(25)26)19-8-4-2-5-9-19/h2-17,29H,1H3,(H,28,32). The molecule has 3 aromatic carbocycles. The molecule has 1 amide bonds. The Morgan fingerprint density at radius 1 is 0.812 bits per heavy atom. The molecule has 0 atom stereocenters. The molecule has 0 radical (unpaired) electrons. The molecular formula is C26H21N5O. The molecule has 5 aromatic rings. The van der Waals surface area contributed by atoms with E-state index in [0.717, 1.165) is 45.2 Å². The fraction of sp³-hybridized carbons (Fsp3) is 0.0385. The van der Waals surface area contributed by atoms with Gasteiger partial charge in [-0.15, -0.1) is 0 Å². The van der Waals surface area contributed by atoms with Gasteiger partial charge in [0.15, 0.2) is 5.65 Å². The summed E-state index contributed by atoms with van der Waals surface area (Å²) in [6.45, 7) is 1.49. The molecule has 0 aliphatic carbocycles. The number of anilines is 3. The first-order chi connectivity index (χ1) is 15.7. The van der Waals surface area contributed by atoms with Gasteiger partial charge < -0.3 is 10.6 Å². The van der Waals surface area contributed by atoms with E-state index >= 15 is 0 Å². The van der Waals surface area contributed by atoms with Crippen molar-refractivity contribution in [3.05, 3.63) is 97.2 Å². The quantitative estimate of drug-likeness (QED) is 0.380. The van der Waals surface area contributed by atoms with Gasteiger partial charge in [-0.3, -0.25) is 4.79 Å². The fourth-order valence-electron chi connectivity index (χ4n) is 3.62. The monoisotopic (exact) mass is 419 g/mol. The van der Waals surface area contributed by atoms with Gasteiger partial charge in [-0.2, -0.15) is 9.61 Å². The Balaban J connectivity index is 1.61. The molecule has 0 saturated heterocycles. The Bertz CT molecular complexity index is 1380. The van der Waals surface area contributed by atoms with Crippen LogP contribution in [-0.2, 0) is 4.79 Å². The first kappa shape index (κ1) is 19.5. The van der Waals surface area contributed by atoms with Gasteiger partial charge >= 0.3 is 0 Å². The summed E-state index contributed by atoms with van der Waals surface area (Å²) in [5.74, 6) is 0.697. The first-order valence-electron chi connectivity index (χ1n) is 10.3. The van der Waals surface area contributed by atoms with E-state index < -0.39 is 0 Å². The van der Waals surface area contributed by atoms with Crippen LogP contribution in [0.5, 0.6) is 0 Å². The third kappa shape index (κ3) is 3.94. The molecule has 2 N–H and O–H groups in total. The number of fused-ring (bicyclic) bond motifs is 1. The number of hydrogen-bond donors (Lipinski definition) is 2. The predicted molar refractivity (Wildman–Crippen MR) is 128 cm³/mol. The number of carbonyl (C=O) groups is 1. The van der Waals surface area contributed by atoms with Crippen LogP contribution < -0.4 is 10.6 Å². The summed E-state index contributed by atoms with van der Waals surface area (Å²) in [5.41, 5.74) is 6.31. The molecule has 2 aromatic heterocycles. The first-order valence-corrected chi connectivity index (χ1v) is 10.3. The lowest BCUT2D eigenvalue weighted by Crippen LogP contribution is -2.06. The van der Waals surface area contributed by atoms with Crippen LogP contribution in [0.3, 0.4) is 0 Å². The van der Waals surface area contributed by atoms with E-state index in [1.54, 1.807) is 0 Å². The third-order valence-electron chi connectivity index (χ3n) is 5.10. The Morgan fingerprint density at radius 3 is 2.09 bits per heavy atom. The van der Waals surface area contributed by atoms with Crippen molar-refractivity contribution in [2.75, 3.05) is 10.6 Å². The van der Waals surface area contributed by atoms with Crippen LogP contribution in [0.25, 0.3) is 28.0 Å². The number of carbonyl (C=O) groups excluding carboxylic acids is 1. The van der Waals surface area contributed by atoms with E-state index in [1.165, 1.54) is 6.92 Å². The highest BCUT2D eigenvalue weighted by Crippen LogP contribution is 2.30. The number of nitrogens with one attached hydrogen (secondary N) is 2. The molecule has 6 nitrogen and oxygen atoms in total. The molecule has 0 bridgehead atoms. The van der Waals surface area contributed by atoms with Crippen LogP contribution in [0.2, 0.25) is 0 Å². The van der Waals surface area contributed by atoms with E-state index in [-0.39, 0.29) is 5.91 Å². The van der Waals surface area contributed by atoms with Crippen LogP contribution in [0.4, 0.5) is 17.2 Å². The van der Waals surface area contributed by atoms with Crippen molar-refractivity contribution < 1.29 is 4.79 Å². The third-order valence-corrected chi connectivity index (χ3v) is 5.10. The van der Waals surface area contributed by atoms with Crippen molar-refractivity contribution in [3.63, 3.8) is 0 Å². The van der Waals surface area contributed by atoms with Crippen LogP contribution in [0.1, 0.15) is 6.92 Å². The molecule has 32 heavy (non-hydrogen) atoms. The van der Waals surface area contributed by atoms with Gasteiger partial charge in [0.25, 0.3) is 0 Å². The van der Waals surface area contributed by atoms with Crippen molar-refractivity contribution in [1.82, 2.24) is 14.6 Å². The average Bonchev–Trinajstić information content (AvgIpc) is 3.25. The average molecular weight is 419 g/mol. The SMILES string of the molecule is CC(=O)Nc1ccc(Nc2cc(-c3ccccc3)nc3c(-c4ccccc4)cnn23)cc1. The summed E-state index contributed by atoms with van der Waals surface area (Å²) >= 11 is 0. The molecule has 0 unspecified atom stereocenters. The van der Waals surface area contributed by atoms with Gasteiger partial charge in [0.2, 0.25) is 5.91 Å². The second kappa shape index (κ2) is 8.35. The van der Waals surface area contributed by atoms with Crippen LogP contribution >= 0.6 is 0 Å². The molecule has 0 spiro atoms. The Kier molecular flexibility index (Phi) is 5.09. The van der Waals surface area contributed by atoms with Gasteiger partial charge in [-0.25, -0.2) is 4.98 Å².